The first kappa shape index (κ1) is 54.3. The van der Waals surface area contributed by atoms with E-state index in [1.54, 1.807) is 54.3 Å². The minimum Gasteiger partial charge on any atom is -0.491 e. The number of thiazole rings is 1. The number of hydrogen-bond acceptors (Lipinski definition) is 13. The number of hydrogen-bond donors (Lipinski definition) is 2. The van der Waals surface area contributed by atoms with E-state index in [0.717, 1.165) is 32.7 Å². The van der Waals surface area contributed by atoms with E-state index in [1.165, 1.54) is 4.90 Å². The number of nitro benzene ring substituents is 1. The lowest BCUT2D eigenvalue weighted by molar-refractivity contribution is -0.388. The van der Waals surface area contributed by atoms with Crippen LogP contribution in [0, 0.1) is 28.4 Å². The third kappa shape index (κ3) is 13.3. The molecule has 0 radical (unpaired) electrons. The molecule has 1 aromatic heterocycles. The van der Waals surface area contributed by atoms with Crippen LogP contribution >= 0.6 is 23.6 Å². The van der Waals surface area contributed by atoms with Crippen LogP contribution in [-0.2, 0) is 46.1 Å². The van der Waals surface area contributed by atoms with E-state index in [4.69, 9.17) is 31.2 Å². The number of nitrogens with one attached hydrogen (secondary N) is 2. The number of anilines is 2. The molecule has 3 aromatic carbocycles. The summed E-state index contributed by atoms with van der Waals surface area (Å²) in [5, 5.41) is 17.0. The molecule has 71 heavy (non-hydrogen) atoms. The first-order valence-corrected chi connectivity index (χ1v) is 24.1. The second-order valence-corrected chi connectivity index (χ2v) is 20.0. The number of ether oxygens (including phenoxy) is 4. The fourth-order valence-electron chi connectivity index (χ4n) is 8.24. The molecule has 2 N–H and O–H groups in total. The minimum atomic E-state index is -5.04. The van der Waals surface area contributed by atoms with Crippen LogP contribution in [-0.4, -0.2) is 114 Å². The van der Waals surface area contributed by atoms with E-state index >= 15 is 0 Å². The van der Waals surface area contributed by atoms with Crippen molar-refractivity contribution in [3.8, 4) is 16.2 Å². The molecule has 4 amide bonds. The Labute approximate surface area is 419 Å². The molecule has 382 valence electrons. The van der Waals surface area contributed by atoms with Gasteiger partial charge >= 0.3 is 6.18 Å². The highest BCUT2D eigenvalue weighted by Gasteiger charge is 2.51. The quantitative estimate of drug-likeness (QED) is 0.0362. The Balaban J connectivity index is 0.870. The Morgan fingerprint density at radius 1 is 0.944 bits per heavy atom. The molecule has 2 saturated heterocycles. The number of thiocarbonyl (C=S) groups is 1. The second kappa shape index (κ2) is 23.0. The van der Waals surface area contributed by atoms with Crippen molar-refractivity contribution in [2.45, 2.75) is 85.2 Å². The van der Waals surface area contributed by atoms with Gasteiger partial charge in [0.15, 0.2) is 5.11 Å². The van der Waals surface area contributed by atoms with Crippen molar-refractivity contribution in [2.24, 2.45) is 11.3 Å². The maximum Gasteiger partial charge on any atom is 0.423 e. The van der Waals surface area contributed by atoms with Gasteiger partial charge in [0.25, 0.3) is 11.6 Å². The van der Waals surface area contributed by atoms with Crippen molar-refractivity contribution in [3.63, 3.8) is 0 Å². The van der Waals surface area contributed by atoms with Gasteiger partial charge in [-0.1, -0.05) is 52.0 Å². The highest BCUT2D eigenvalue weighted by Crippen LogP contribution is 2.42. The van der Waals surface area contributed by atoms with E-state index in [-0.39, 0.29) is 74.8 Å². The van der Waals surface area contributed by atoms with Crippen molar-refractivity contribution in [2.75, 3.05) is 62.6 Å². The molecule has 17 nitrogen and oxygen atoms in total. The predicted molar refractivity (Wildman–Crippen MR) is 264 cm³/mol. The van der Waals surface area contributed by atoms with Gasteiger partial charge in [-0.2, -0.15) is 13.2 Å². The molecule has 3 heterocycles. The van der Waals surface area contributed by atoms with Gasteiger partial charge in [0.1, 0.15) is 42.1 Å². The molecule has 6 rings (SSSR count). The van der Waals surface area contributed by atoms with Gasteiger partial charge in [0.2, 0.25) is 17.7 Å². The summed E-state index contributed by atoms with van der Waals surface area (Å²) in [6.07, 6.45) is -4.54. The summed E-state index contributed by atoms with van der Waals surface area (Å²) in [5.41, 5.74) is 0.358. The molecule has 0 saturated carbocycles. The minimum absolute atomic E-state index is 0.0920. The number of nitro groups is 1. The largest absolute Gasteiger partial charge is 0.491 e. The molecule has 2 fully saturated rings. The molecular weight excluding hydrogens is 968 g/mol. The molecule has 0 bridgehead atoms. The number of carbonyl (C=O) groups is 4. The lowest BCUT2D eigenvalue weighted by Crippen LogP contribution is -2.58. The highest BCUT2D eigenvalue weighted by molar-refractivity contribution is 7.81. The maximum absolute atomic E-state index is 14.0. The van der Waals surface area contributed by atoms with Crippen LogP contribution in [0.3, 0.4) is 0 Å². The summed E-state index contributed by atoms with van der Waals surface area (Å²) < 4.78 is 63.6. The van der Waals surface area contributed by atoms with Crippen molar-refractivity contribution in [1.29, 1.82) is 0 Å². The zero-order chi connectivity index (χ0) is 51.8. The SMILES string of the molecule is Cc1ncsc1-c1ccc(CNC(=O)[C@@H]2C[C@@H](C)CN2C(=O)[C@@H](NC(=O)COCCOCCOCCOc2ccc(N3C(=S)N(c4ccc([N+](=O)[O-])c(C(F)(F)F)c4)C(=O)C3(C)C)cc2)C(C)(C)C)cc1. The second-order valence-electron chi connectivity index (χ2n) is 18.8. The fraction of sp³-hybridized carbons (Fsp3) is 0.469. The van der Waals surface area contributed by atoms with Gasteiger partial charge in [0, 0.05) is 24.8 Å². The Morgan fingerprint density at radius 3 is 2.15 bits per heavy atom. The summed E-state index contributed by atoms with van der Waals surface area (Å²) in [6.45, 7) is 14.2. The van der Waals surface area contributed by atoms with Gasteiger partial charge in [-0.25, -0.2) is 4.98 Å². The molecular formula is C49H58F3N7O10S2. The third-order valence-electron chi connectivity index (χ3n) is 11.9. The van der Waals surface area contributed by atoms with Crippen molar-refractivity contribution < 1.29 is 56.2 Å². The number of alkyl halides is 3. The Hall–Kier alpha value is -6.07. The van der Waals surface area contributed by atoms with Crippen molar-refractivity contribution >= 4 is 69.4 Å². The molecule has 2 aliphatic heterocycles. The molecule has 22 heteroatoms. The third-order valence-corrected chi connectivity index (χ3v) is 13.3. The molecule has 0 aliphatic carbocycles. The number of aryl methyl sites for hydroxylation is 1. The number of rotatable bonds is 21. The Kier molecular flexibility index (Phi) is 17.6. The number of aromatic nitrogens is 1. The molecule has 3 atom stereocenters. The Morgan fingerprint density at radius 2 is 1.56 bits per heavy atom. The molecule has 2 aliphatic rings. The summed E-state index contributed by atoms with van der Waals surface area (Å²) in [5.74, 6) is -1.11. The van der Waals surface area contributed by atoms with Crippen LogP contribution in [0.2, 0.25) is 0 Å². The number of nitrogens with zero attached hydrogens (tertiary/aromatic N) is 5. The van der Waals surface area contributed by atoms with Gasteiger partial charge in [-0.05, 0) is 98.3 Å². The topological polar surface area (TPSA) is 195 Å². The van der Waals surface area contributed by atoms with E-state index in [0.29, 0.717) is 43.1 Å². The summed E-state index contributed by atoms with van der Waals surface area (Å²) >= 11 is 7.14. The predicted octanol–water partition coefficient (Wildman–Crippen LogP) is 7.48. The van der Waals surface area contributed by atoms with Gasteiger partial charge in [-0.15, -0.1) is 11.3 Å². The van der Waals surface area contributed by atoms with Crippen LogP contribution in [0.4, 0.5) is 30.2 Å². The number of halogens is 3. The van der Waals surface area contributed by atoms with Crippen LogP contribution in [0.5, 0.6) is 5.75 Å². The number of amides is 4. The monoisotopic (exact) mass is 1030 g/mol. The van der Waals surface area contributed by atoms with Crippen LogP contribution in [0.1, 0.15) is 64.8 Å². The first-order chi connectivity index (χ1) is 33.5. The zero-order valence-corrected chi connectivity index (χ0v) is 42.1. The zero-order valence-electron chi connectivity index (χ0n) is 40.5. The lowest BCUT2D eigenvalue weighted by Gasteiger charge is -2.35. The smallest absolute Gasteiger partial charge is 0.423 e. The number of carbonyl (C=O) groups excluding carboxylic acids is 4. The van der Waals surface area contributed by atoms with E-state index in [2.05, 4.69) is 15.6 Å². The van der Waals surface area contributed by atoms with Gasteiger partial charge in [-0.3, -0.25) is 34.2 Å². The maximum atomic E-state index is 14.0. The van der Waals surface area contributed by atoms with Crippen LogP contribution in [0.25, 0.3) is 10.4 Å². The standard InChI is InChI=1S/C49H58F3N7O10S2/c1-30-24-39(43(61)53-26-32-8-10-33(11-9-32)41-31(2)54-29-71-41)56(27-30)44(62)42(47(3,4)5)55-40(60)28-68-21-20-66-18-19-67-22-23-69-36-15-12-34(13-16-36)58-46(70)57(45(63)48(58,6)7)35-14-17-38(59(64)65)37(25-35)49(50,51)52/h8-17,25,29-30,39,42H,18-24,26-28H2,1-7H3,(H,53,61)(H,55,60)/t30-,39+,42-/m1/s1. The van der Waals surface area contributed by atoms with E-state index in [1.807, 2.05) is 64.4 Å². The first-order valence-electron chi connectivity index (χ1n) is 22.9. The fourth-order valence-corrected chi connectivity index (χ4v) is 9.57. The molecule has 0 unspecified atom stereocenters. The van der Waals surface area contributed by atoms with E-state index in [9.17, 15) is 42.5 Å². The van der Waals surface area contributed by atoms with Crippen LogP contribution in [0.15, 0.2) is 72.2 Å². The highest BCUT2D eigenvalue weighted by atomic mass is 32.1. The normalized spacial score (nSPS) is 17.4. The van der Waals surface area contributed by atoms with E-state index < -0.39 is 57.2 Å². The lowest BCUT2D eigenvalue weighted by atomic mass is 9.85. The summed E-state index contributed by atoms with van der Waals surface area (Å²) in [6, 6.07) is 15.2. The average molecular weight is 1030 g/mol. The van der Waals surface area contributed by atoms with Gasteiger partial charge < -0.3 is 39.4 Å². The van der Waals surface area contributed by atoms with Crippen molar-refractivity contribution in [3.05, 3.63) is 99.2 Å². The molecule has 4 aromatic rings. The number of benzene rings is 3. The number of likely N-dealkylation sites (tertiary alicyclic amines) is 1. The average Bonchev–Trinajstić information content (AvgIpc) is 3.98. The van der Waals surface area contributed by atoms with Gasteiger partial charge in [0.05, 0.1) is 59.7 Å². The summed E-state index contributed by atoms with van der Waals surface area (Å²) in [4.78, 5) is 73.6. The molecule has 0 spiro atoms. The summed E-state index contributed by atoms with van der Waals surface area (Å²) in [7, 11) is 0. The van der Waals surface area contributed by atoms with Crippen LogP contribution < -0.4 is 25.2 Å². The Bertz CT molecular complexity index is 2570. The van der Waals surface area contributed by atoms with Crippen molar-refractivity contribution in [1.82, 2.24) is 20.5 Å².